The van der Waals surface area contributed by atoms with Gasteiger partial charge in [0.15, 0.2) is 0 Å². The third kappa shape index (κ3) is 5.93. The lowest BCUT2D eigenvalue weighted by molar-refractivity contribution is 1.28. The van der Waals surface area contributed by atoms with Gasteiger partial charge >= 0.3 is 0 Å². The molecule has 1 nitrogen and oxygen atoms in total. The summed E-state index contributed by atoms with van der Waals surface area (Å²) in [6, 6.07) is 86.8. The third-order valence-corrected chi connectivity index (χ3v) is 12.6. The quantitative estimate of drug-likeness (QED) is 0.120. The summed E-state index contributed by atoms with van der Waals surface area (Å²) in [5.74, 6) is 0. The Kier molecular flexibility index (Phi) is 8.25. The van der Waals surface area contributed by atoms with Crippen LogP contribution in [0.5, 0.6) is 0 Å². The molecule has 0 N–H and O–H groups in total. The fourth-order valence-electron chi connectivity index (χ4n) is 9.73. The van der Waals surface area contributed by atoms with Gasteiger partial charge in [0.2, 0.25) is 0 Å². The summed E-state index contributed by atoms with van der Waals surface area (Å²) >= 11 is 0. The maximum absolute atomic E-state index is 2.39. The van der Waals surface area contributed by atoms with Gasteiger partial charge in [0, 0.05) is 17.1 Å². The van der Waals surface area contributed by atoms with Gasteiger partial charge in [-0.15, -0.1) is 0 Å². The van der Waals surface area contributed by atoms with Gasteiger partial charge in [-0.3, -0.25) is 0 Å². The van der Waals surface area contributed by atoms with Crippen molar-refractivity contribution in [3.63, 3.8) is 0 Å². The topological polar surface area (TPSA) is 3.24 Å². The molecule has 12 aromatic rings. The molecular formula is C60H39N. The first-order valence-corrected chi connectivity index (χ1v) is 21.1. The maximum atomic E-state index is 2.39. The first kappa shape index (κ1) is 35.0. The Morgan fingerprint density at radius 2 is 0.508 bits per heavy atom. The Hall–Kier alpha value is -8.00. The minimum Gasteiger partial charge on any atom is -0.311 e. The highest BCUT2D eigenvalue weighted by molar-refractivity contribution is 6.15. The van der Waals surface area contributed by atoms with Gasteiger partial charge in [0.05, 0.1) is 0 Å². The van der Waals surface area contributed by atoms with E-state index in [-0.39, 0.29) is 0 Å². The van der Waals surface area contributed by atoms with E-state index < -0.39 is 0 Å². The molecule has 0 unspecified atom stereocenters. The van der Waals surface area contributed by atoms with Crippen LogP contribution in [0.25, 0.3) is 98.0 Å². The predicted molar refractivity (Wildman–Crippen MR) is 262 cm³/mol. The Labute approximate surface area is 355 Å². The van der Waals surface area contributed by atoms with Gasteiger partial charge in [-0.25, -0.2) is 0 Å². The van der Waals surface area contributed by atoms with Crippen LogP contribution in [-0.2, 0) is 0 Å². The average molecular weight is 774 g/mol. The zero-order chi connectivity index (χ0) is 40.3. The highest BCUT2D eigenvalue weighted by Gasteiger charge is 2.17. The largest absolute Gasteiger partial charge is 0.311 e. The lowest BCUT2D eigenvalue weighted by Gasteiger charge is -2.26. The summed E-state index contributed by atoms with van der Waals surface area (Å²) in [5.41, 5.74) is 10.7. The van der Waals surface area contributed by atoms with Crippen molar-refractivity contribution in [2.75, 3.05) is 4.90 Å². The standard InChI is InChI=1S/C60H39N/c1-6-18-51-47(17-1)39-58(57-24-12-11-23-56(51)57)40-25-31-48(32-26-40)61(49-33-27-41(28-34-49)59-52-19-7-2-13-43(52)37-44-14-3-8-20-53(44)59)50-35-29-42(30-36-50)60-54-21-9-4-15-45(54)38-46-16-5-10-22-55(46)60/h1-39H. The summed E-state index contributed by atoms with van der Waals surface area (Å²) in [5, 5.41) is 15.1. The predicted octanol–water partition coefficient (Wildman–Crippen LogP) is 17.1. The molecule has 61 heavy (non-hydrogen) atoms. The molecular weight excluding hydrogens is 735 g/mol. The van der Waals surface area contributed by atoms with E-state index in [4.69, 9.17) is 0 Å². The van der Waals surface area contributed by atoms with Gasteiger partial charge in [0.1, 0.15) is 0 Å². The summed E-state index contributed by atoms with van der Waals surface area (Å²) in [6.45, 7) is 0. The highest BCUT2D eigenvalue weighted by Crippen LogP contribution is 2.43. The summed E-state index contributed by atoms with van der Waals surface area (Å²) in [4.78, 5) is 2.39. The molecule has 0 atom stereocenters. The lowest BCUT2D eigenvalue weighted by atomic mass is 9.91. The summed E-state index contributed by atoms with van der Waals surface area (Å²) in [7, 11) is 0. The number of benzene rings is 12. The van der Waals surface area contributed by atoms with E-state index in [9.17, 15) is 0 Å². The number of rotatable bonds is 6. The first-order chi connectivity index (χ1) is 30.2. The fourth-order valence-corrected chi connectivity index (χ4v) is 9.73. The van der Waals surface area contributed by atoms with Crippen LogP contribution in [0, 0.1) is 0 Å². The van der Waals surface area contributed by atoms with Gasteiger partial charge in [0.25, 0.3) is 0 Å². The molecule has 0 aliphatic rings. The zero-order valence-electron chi connectivity index (χ0n) is 33.5. The third-order valence-electron chi connectivity index (χ3n) is 12.6. The van der Waals surface area contributed by atoms with Crippen molar-refractivity contribution >= 4 is 81.7 Å². The van der Waals surface area contributed by atoms with Gasteiger partial charge in [-0.1, -0.05) is 182 Å². The second-order valence-corrected chi connectivity index (χ2v) is 16.1. The first-order valence-electron chi connectivity index (χ1n) is 21.1. The minimum absolute atomic E-state index is 1.10. The zero-order valence-corrected chi connectivity index (χ0v) is 33.5. The van der Waals surface area contributed by atoms with Crippen LogP contribution >= 0.6 is 0 Å². The van der Waals surface area contributed by atoms with Crippen molar-refractivity contribution in [1.82, 2.24) is 0 Å². The molecule has 0 saturated heterocycles. The fraction of sp³-hybridized carbons (Fsp3) is 0. The van der Waals surface area contributed by atoms with E-state index in [1.165, 1.54) is 98.0 Å². The van der Waals surface area contributed by atoms with Crippen molar-refractivity contribution in [2.24, 2.45) is 0 Å². The Bertz CT molecular complexity index is 3350. The molecule has 0 fully saturated rings. The molecule has 12 rings (SSSR count). The molecule has 284 valence electrons. The van der Waals surface area contributed by atoms with Crippen molar-refractivity contribution < 1.29 is 0 Å². The number of hydrogen-bond acceptors (Lipinski definition) is 1. The van der Waals surface area contributed by atoms with Gasteiger partial charge in [-0.05, 0) is 153 Å². The van der Waals surface area contributed by atoms with E-state index in [2.05, 4.69) is 241 Å². The van der Waals surface area contributed by atoms with Crippen molar-refractivity contribution in [3.8, 4) is 33.4 Å². The average Bonchev–Trinajstić information content (AvgIpc) is 3.33. The van der Waals surface area contributed by atoms with Crippen LogP contribution in [0.15, 0.2) is 237 Å². The number of fused-ring (bicyclic) bond motifs is 7. The minimum atomic E-state index is 1.10. The molecule has 0 radical (unpaired) electrons. The molecule has 0 bridgehead atoms. The van der Waals surface area contributed by atoms with Gasteiger partial charge in [-0.2, -0.15) is 0 Å². The second-order valence-electron chi connectivity index (χ2n) is 16.1. The SMILES string of the molecule is c1ccc2c(-c3ccc(N(c4ccc(-c5c6ccccc6cc6ccccc56)cc4)c4ccc(-c5cc6ccccc6c6ccccc56)cc4)cc3)c3ccccc3cc2c1. The molecule has 0 spiro atoms. The van der Waals surface area contributed by atoms with Crippen LogP contribution in [-0.4, -0.2) is 0 Å². The lowest BCUT2D eigenvalue weighted by Crippen LogP contribution is -2.09. The van der Waals surface area contributed by atoms with Crippen LogP contribution in [0.1, 0.15) is 0 Å². The molecule has 0 saturated carbocycles. The molecule has 0 amide bonds. The van der Waals surface area contributed by atoms with Crippen molar-refractivity contribution in [3.05, 3.63) is 237 Å². The van der Waals surface area contributed by atoms with Crippen molar-refractivity contribution in [1.29, 1.82) is 0 Å². The summed E-state index contributed by atoms with van der Waals surface area (Å²) < 4.78 is 0. The van der Waals surface area contributed by atoms with Crippen molar-refractivity contribution in [2.45, 2.75) is 0 Å². The number of nitrogens with zero attached hydrogens (tertiary/aromatic N) is 1. The monoisotopic (exact) mass is 773 g/mol. The Morgan fingerprint density at radius 1 is 0.213 bits per heavy atom. The molecule has 12 aromatic carbocycles. The maximum Gasteiger partial charge on any atom is 0.0462 e. The summed E-state index contributed by atoms with van der Waals surface area (Å²) in [6.07, 6.45) is 0. The van der Waals surface area contributed by atoms with E-state index in [1.807, 2.05) is 0 Å². The van der Waals surface area contributed by atoms with E-state index in [0.29, 0.717) is 0 Å². The van der Waals surface area contributed by atoms with E-state index in [0.717, 1.165) is 17.1 Å². The molecule has 0 aliphatic heterocycles. The van der Waals surface area contributed by atoms with Crippen LogP contribution in [0.3, 0.4) is 0 Å². The van der Waals surface area contributed by atoms with Crippen LogP contribution in [0.2, 0.25) is 0 Å². The molecule has 0 aliphatic carbocycles. The second kappa shape index (κ2) is 14.4. The molecule has 0 aromatic heterocycles. The Balaban J connectivity index is 1.00. The van der Waals surface area contributed by atoms with Gasteiger partial charge < -0.3 is 4.90 Å². The van der Waals surface area contributed by atoms with E-state index in [1.54, 1.807) is 0 Å². The Morgan fingerprint density at radius 3 is 0.902 bits per heavy atom. The van der Waals surface area contributed by atoms with Crippen LogP contribution < -0.4 is 4.90 Å². The van der Waals surface area contributed by atoms with Crippen LogP contribution in [0.4, 0.5) is 17.1 Å². The number of hydrogen-bond donors (Lipinski definition) is 0. The number of anilines is 3. The highest BCUT2D eigenvalue weighted by atomic mass is 15.1. The normalized spacial score (nSPS) is 11.6. The van der Waals surface area contributed by atoms with E-state index >= 15 is 0 Å². The molecule has 0 heterocycles. The molecule has 1 heteroatoms. The smallest absolute Gasteiger partial charge is 0.0462 e.